The summed E-state index contributed by atoms with van der Waals surface area (Å²) in [7, 11) is 1.69. The molecule has 3 N–H and O–H groups in total. The molecule has 0 saturated heterocycles. The summed E-state index contributed by atoms with van der Waals surface area (Å²) in [5, 5.41) is 8.58. The van der Waals surface area contributed by atoms with Crippen molar-refractivity contribution in [1.29, 1.82) is 0 Å². The lowest BCUT2D eigenvalue weighted by atomic mass is 10.2. The second-order valence-electron chi connectivity index (χ2n) is 6.87. The highest BCUT2D eigenvalue weighted by Gasteiger charge is 2.08. The first kappa shape index (κ1) is 21.6. The Morgan fingerprint density at radius 3 is 2.23 bits per heavy atom. The van der Waals surface area contributed by atoms with Gasteiger partial charge in [0, 0.05) is 36.6 Å². The molecule has 0 bridgehead atoms. The summed E-state index contributed by atoms with van der Waals surface area (Å²) in [5.41, 5.74) is 2.61. The van der Waals surface area contributed by atoms with Crippen molar-refractivity contribution in [3.8, 4) is 0 Å². The van der Waals surface area contributed by atoms with Gasteiger partial charge in [0.1, 0.15) is 5.76 Å². The quantitative estimate of drug-likeness (QED) is 0.519. The first-order valence-corrected chi connectivity index (χ1v) is 9.71. The molecule has 1 aromatic heterocycles. The number of hydrogen-bond donors (Lipinski definition) is 3. The monoisotopic (exact) mass is 420 g/mol. The van der Waals surface area contributed by atoms with Gasteiger partial charge in [-0.25, -0.2) is 0 Å². The number of rotatable bonds is 8. The van der Waals surface area contributed by atoms with Crippen LogP contribution in [0.15, 0.2) is 71.3 Å². The Labute approximate surface area is 180 Å². The summed E-state index contributed by atoms with van der Waals surface area (Å²) in [5.74, 6) is 0.188. The number of hydrogen-bond acceptors (Lipinski definition) is 5. The van der Waals surface area contributed by atoms with Crippen LogP contribution in [0.1, 0.15) is 23.0 Å². The third kappa shape index (κ3) is 6.20. The third-order valence-corrected chi connectivity index (χ3v) is 4.61. The first-order valence-electron chi connectivity index (χ1n) is 9.71. The summed E-state index contributed by atoms with van der Waals surface area (Å²) in [4.78, 5) is 37.2. The van der Waals surface area contributed by atoms with Gasteiger partial charge < -0.3 is 25.3 Å². The molecule has 3 amide bonds. The van der Waals surface area contributed by atoms with Gasteiger partial charge in [-0.2, -0.15) is 0 Å². The van der Waals surface area contributed by atoms with Gasteiger partial charge in [-0.05, 0) is 60.7 Å². The SMILES string of the molecule is CC(=O)N(C)c1ccc(NC(=O)CNc2ccc(C(=O)NCc3ccco3)cc2)cc1. The molecule has 0 aliphatic carbocycles. The smallest absolute Gasteiger partial charge is 0.251 e. The van der Waals surface area contributed by atoms with Crippen LogP contribution in [0.2, 0.25) is 0 Å². The Morgan fingerprint density at radius 2 is 1.61 bits per heavy atom. The molecule has 2 aromatic carbocycles. The molecule has 0 aliphatic heterocycles. The molecule has 1 heterocycles. The minimum atomic E-state index is -0.215. The molecule has 3 rings (SSSR count). The van der Waals surface area contributed by atoms with Gasteiger partial charge in [0.05, 0.1) is 19.4 Å². The maximum absolute atomic E-state index is 12.2. The highest BCUT2D eigenvalue weighted by atomic mass is 16.3. The average Bonchev–Trinajstić information content (AvgIpc) is 3.30. The number of furan rings is 1. The molecular weight excluding hydrogens is 396 g/mol. The zero-order valence-corrected chi connectivity index (χ0v) is 17.3. The summed E-state index contributed by atoms with van der Waals surface area (Å²) < 4.78 is 5.18. The van der Waals surface area contributed by atoms with E-state index < -0.39 is 0 Å². The Morgan fingerprint density at radius 1 is 0.935 bits per heavy atom. The molecule has 8 heteroatoms. The van der Waals surface area contributed by atoms with E-state index in [1.54, 1.807) is 74.0 Å². The van der Waals surface area contributed by atoms with Crippen molar-refractivity contribution < 1.29 is 18.8 Å². The lowest BCUT2D eigenvalue weighted by Gasteiger charge is -2.15. The molecule has 0 atom stereocenters. The summed E-state index contributed by atoms with van der Waals surface area (Å²) >= 11 is 0. The fourth-order valence-corrected chi connectivity index (χ4v) is 2.76. The highest BCUT2D eigenvalue weighted by Crippen LogP contribution is 2.17. The van der Waals surface area contributed by atoms with Gasteiger partial charge >= 0.3 is 0 Å². The second-order valence-corrected chi connectivity index (χ2v) is 6.87. The predicted octanol–water partition coefficient (Wildman–Crippen LogP) is 3.24. The van der Waals surface area contributed by atoms with Crippen molar-refractivity contribution in [2.45, 2.75) is 13.5 Å². The first-order chi connectivity index (χ1) is 14.9. The molecule has 0 saturated carbocycles. The molecule has 0 aliphatic rings. The molecule has 0 unspecified atom stereocenters. The maximum atomic E-state index is 12.2. The number of carbonyl (C=O) groups excluding carboxylic acids is 3. The van der Waals surface area contributed by atoms with E-state index in [4.69, 9.17) is 4.42 Å². The van der Waals surface area contributed by atoms with Gasteiger partial charge in [0.15, 0.2) is 0 Å². The van der Waals surface area contributed by atoms with Gasteiger partial charge in [-0.1, -0.05) is 0 Å². The number of benzene rings is 2. The number of amides is 3. The number of anilines is 3. The predicted molar refractivity (Wildman–Crippen MR) is 119 cm³/mol. The molecule has 3 aromatic rings. The van der Waals surface area contributed by atoms with E-state index in [0.29, 0.717) is 23.6 Å². The van der Waals surface area contributed by atoms with E-state index in [0.717, 1.165) is 11.4 Å². The zero-order chi connectivity index (χ0) is 22.2. The molecule has 0 radical (unpaired) electrons. The van der Waals surface area contributed by atoms with E-state index in [2.05, 4.69) is 16.0 Å². The third-order valence-electron chi connectivity index (χ3n) is 4.61. The van der Waals surface area contributed by atoms with Crippen LogP contribution in [-0.4, -0.2) is 31.3 Å². The molecule has 160 valence electrons. The molecular formula is C23H24N4O4. The Kier molecular flexibility index (Phi) is 7.05. The van der Waals surface area contributed by atoms with Crippen LogP contribution in [0.4, 0.5) is 17.1 Å². The molecule has 0 fully saturated rings. The minimum absolute atomic E-state index is 0.0676. The normalized spacial score (nSPS) is 10.3. The summed E-state index contributed by atoms with van der Waals surface area (Å²) in [6, 6.07) is 17.4. The van der Waals surface area contributed by atoms with Crippen molar-refractivity contribution in [3.05, 3.63) is 78.3 Å². The number of nitrogens with one attached hydrogen (secondary N) is 3. The van der Waals surface area contributed by atoms with Gasteiger partial charge in [0.2, 0.25) is 11.8 Å². The molecule has 8 nitrogen and oxygen atoms in total. The van der Waals surface area contributed by atoms with Crippen LogP contribution in [0.25, 0.3) is 0 Å². The second kappa shape index (κ2) is 10.1. The van der Waals surface area contributed by atoms with Gasteiger partial charge in [0.25, 0.3) is 5.91 Å². The van der Waals surface area contributed by atoms with E-state index in [-0.39, 0.29) is 24.3 Å². The van der Waals surface area contributed by atoms with E-state index in [1.807, 2.05) is 0 Å². The zero-order valence-electron chi connectivity index (χ0n) is 17.3. The van der Waals surface area contributed by atoms with Crippen molar-refractivity contribution in [1.82, 2.24) is 5.32 Å². The Bertz CT molecular complexity index is 1030. The number of nitrogens with zero attached hydrogens (tertiary/aromatic N) is 1. The number of carbonyl (C=O) groups is 3. The highest BCUT2D eigenvalue weighted by molar-refractivity contribution is 5.96. The van der Waals surface area contributed by atoms with E-state index >= 15 is 0 Å². The van der Waals surface area contributed by atoms with Crippen molar-refractivity contribution in [2.24, 2.45) is 0 Å². The van der Waals surface area contributed by atoms with Crippen molar-refractivity contribution in [3.63, 3.8) is 0 Å². The van der Waals surface area contributed by atoms with Gasteiger partial charge in [-0.3, -0.25) is 14.4 Å². The average molecular weight is 420 g/mol. The van der Waals surface area contributed by atoms with Crippen LogP contribution in [0, 0.1) is 0 Å². The van der Waals surface area contributed by atoms with Crippen molar-refractivity contribution in [2.75, 3.05) is 29.1 Å². The van der Waals surface area contributed by atoms with Crippen LogP contribution >= 0.6 is 0 Å². The fraction of sp³-hybridized carbons (Fsp3) is 0.174. The lowest BCUT2D eigenvalue weighted by Crippen LogP contribution is -2.23. The largest absolute Gasteiger partial charge is 0.467 e. The van der Waals surface area contributed by atoms with Crippen LogP contribution in [0.5, 0.6) is 0 Å². The van der Waals surface area contributed by atoms with Crippen LogP contribution < -0.4 is 20.9 Å². The van der Waals surface area contributed by atoms with E-state index in [9.17, 15) is 14.4 Å². The Balaban J connectivity index is 1.45. The van der Waals surface area contributed by atoms with Gasteiger partial charge in [-0.15, -0.1) is 0 Å². The topological polar surface area (TPSA) is 104 Å². The molecule has 31 heavy (non-hydrogen) atoms. The molecule has 0 spiro atoms. The summed E-state index contributed by atoms with van der Waals surface area (Å²) in [6.07, 6.45) is 1.56. The van der Waals surface area contributed by atoms with Crippen molar-refractivity contribution >= 4 is 34.8 Å². The standard InChI is InChI=1S/C23H24N4O4/c1-16(28)27(2)20-11-9-19(10-12-20)26-22(29)15-24-18-7-5-17(6-8-18)23(30)25-14-21-4-3-13-31-21/h3-13,24H,14-15H2,1-2H3,(H,25,30)(H,26,29). The maximum Gasteiger partial charge on any atom is 0.251 e. The lowest BCUT2D eigenvalue weighted by molar-refractivity contribution is -0.116. The minimum Gasteiger partial charge on any atom is -0.467 e. The van der Waals surface area contributed by atoms with Crippen LogP contribution in [0.3, 0.4) is 0 Å². The summed E-state index contributed by atoms with van der Waals surface area (Å²) in [6.45, 7) is 1.87. The van der Waals surface area contributed by atoms with Crippen LogP contribution in [-0.2, 0) is 16.1 Å². The fourth-order valence-electron chi connectivity index (χ4n) is 2.76. The Hall–Kier alpha value is -4.07. The van der Waals surface area contributed by atoms with E-state index in [1.165, 1.54) is 11.8 Å².